The van der Waals surface area contributed by atoms with Crippen molar-refractivity contribution in [2.75, 3.05) is 7.11 Å². The molecule has 0 aliphatic rings. The van der Waals surface area contributed by atoms with Gasteiger partial charge in [-0.25, -0.2) is 4.79 Å². The highest BCUT2D eigenvalue weighted by Gasteiger charge is 2.22. The van der Waals surface area contributed by atoms with Crippen LogP contribution in [0.4, 0.5) is 4.79 Å². The number of ether oxygens (including phenoxy) is 2. The van der Waals surface area contributed by atoms with Crippen molar-refractivity contribution in [3.8, 4) is 17.1 Å². The van der Waals surface area contributed by atoms with Gasteiger partial charge < -0.3 is 9.47 Å². The third kappa shape index (κ3) is 3.85. The van der Waals surface area contributed by atoms with E-state index in [0.29, 0.717) is 28.2 Å². The highest BCUT2D eigenvalue weighted by Crippen LogP contribution is 2.21. The number of aromatic nitrogens is 3. The van der Waals surface area contributed by atoms with Crippen LogP contribution in [-0.4, -0.2) is 33.6 Å². The van der Waals surface area contributed by atoms with Gasteiger partial charge in [-0.15, -0.1) is 0 Å². The van der Waals surface area contributed by atoms with Gasteiger partial charge in [0.05, 0.1) is 24.7 Å². The monoisotopic (exact) mass is 367 g/mol. The molecule has 2 aromatic rings. The van der Waals surface area contributed by atoms with Gasteiger partial charge in [0.25, 0.3) is 0 Å². The zero-order valence-corrected chi connectivity index (χ0v) is 14.5. The Morgan fingerprint density at radius 3 is 2.55 bits per heavy atom. The molecule has 118 valence electrons. The Morgan fingerprint density at radius 2 is 2.05 bits per heavy atom. The van der Waals surface area contributed by atoms with Gasteiger partial charge in [0, 0.05) is 5.33 Å². The predicted octanol–water partition coefficient (Wildman–Crippen LogP) is 3.63. The van der Waals surface area contributed by atoms with Gasteiger partial charge in [-0.3, -0.25) is 4.98 Å². The van der Waals surface area contributed by atoms with Gasteiger partial charge in [-0.05, 0) is 39.0 Å². The van der Waals surface area contributed by atoms with Gasteiger partial charge in [-0.2, -0.15) is 9.78 Å². The summed E-state index contributed by atoms with van der Waals surface area (Å²) < 4.78 is 11.7. The molecular formula is C15H18BrN3O3. The van der Waals surface area contributed by atoms with Crippen LogP contribution in [0, 0.1) is 0 Å². The summed E-state index contributed by atoms with van der Waals surface area (Å²) in [6.45, 7) is 5.44. The first-order valence-corrected chi connectivity index (χ1v) is 7.85. The first kappa shape index (κ1) is 16.5. The molecule has 0 unspecified atom stereocenters. The van der Waals surface area contributed by atoms with Crippen LogP contribution in [0.3, 0.4) is 0 Å². The average Bonchev–Trinajstić information content (AvgIpc) is 2.90. The van der Waals surface area contributed by atoms with E-state index in [1.165, 1.54) is 4.68 Å². The number of carbonyl (C=O) groups excluding carboxylic acids is 1. The number of hydrogen-bond acceptors (Lipinski definition) is 5. The fraction of sp³-hybridized carbons (Fsp3) is 0.400. The van der Waals surface area contributed by atoms with Crippen molar-refractivity contribution >= 4 is 22.0 Å². The summed E-state index contributed by atoms with van der Waals surface area (Å²) in [6, 6.07) is 5.38. The van der Waals surface area contributed by atoms with Crippen LogP contribution in [0.25, 0.3) is 11.4 Å². The zero-order valence-electron chi connectivity index (χ0n) is 13.0. The lowest BCUT2D eigenvalue weighted by molar-refractivity contribution is 0.0511. The predicted molar refractivity (Wildman–Crippen MR) is 86.3 cm³/mol. The van der Waals surface area contributed by atoms with E-state index in [4.69, 9.17) is 9.47 Å². The lowest BCUT2D eigenvalue weighted by Gasteiger charge is -2.19. The van der Waals surface area contributed by atoms with Crippen LogP contribution in [0.2, 0.25) is 0 Å². The molecule has 0 N–H and O–H groups in total. The van der Waals surface area contributed by atoms with Crippen LogP contribution >= 0.6 is 15.9 Å². The maximum atomic E-state index is 12.2. The van der Waals surface area contributed by atoms with E-state index in [1.807, 2.05) is 20.8 Å². The molecule has 0 bridgehead atoms. The Balaban J connectivity index is 2.33. The lowest BCUT2D eigenvalue weighted by Crippen LogP contribution is -2.28. The number of carbonyl (C=O) groups is 1. The SMILES string of the molecule is COc1ccc(-c2cc(CBr)n(C(=O)OC(C)(C)C)n2)nc1. The molecule has 0 radical (unpaired) electrons. The molecule has 0 saturated carbocycles. The van der Waals surface area contributed by atoms with Crippen LogP contribution in [0.1, 0.15) is 26.5 Å². The Morgan fingerprint density at radius 1 is 1.32 bits per heavy atom. The Kier molecular flexibility index (Phi) is 4.85. The second-order valence-electron chi connectivity index (χ2n) is 5.63. The maximum absolute atomic E-state index is 12.2. The number of nitrogens with zero attached hydrogens (tertiary/aromatic N) is 3. The molecule has 0 saturated heterocycles. The molecule has 0 atom stereocenters. The molecule has 2 heterocycles. The minimum atomic E-state index is -0.578. The Bertz CT molecular complexity index is 660. The fourth-order valence-corrected chi connectivity index (χ4v) is 2.16. The smallest absolute Gasteiger partial charge is 0.435 e. The van der Waals surface area contributed by atoms with E-state index >= 15 is 0 Å². The van der Waals surface area contributed by atoms with E-state index in [2.05, 4.69) is 26.0 Å². The van der Waals surface area contributed by atoms with Gasteiger partial charge >= 0.3 is 6.09 Å². The quantitative estimate of drug-likeness (QED) is 0.774. The topological polar surface area (TPSA) is 66.2 Å². The minimum absolute atomic E-state index is 0.482. The highest BCUT2D eigenvalue weighted by atomic mass is 79.9. The van der Waals surface area contributed by atoms with Crippen LogP contribution < -0.4 is 4.74 Å². The summed E-state index contributed by atoms with van der Waals surface area (Å²) >= 11 is 3.36. The van der Waals surface area contributed by atoms with Gasteiger partial charge in [0.15, 0.2) is 0 Å². The molecule has 0 aliphatic heterocycles. The second-order valence-corrected chi connectivity index (χ2v) is 6.19. The van der Waals surface area contributed by atoms with Crippen molar-refractivity contribution in [1.29, 1.82) is 0 Å². The molecule has 0 fully saturated rings. The molecule has 6 nitrogen and oxygen atoms in total. The van der Waals surface area contributed by atoms with E-state index in [1.54, 1.807) is 31.5 Å². The van der Waals surface area contributed by atoms with Gasteiger partial charge in [0.2, 0.25) is 0 Å². The number of halogens is 1. The van der Waals surface area contributed by atoms with Crippen LogP contribution in [0.15, 0.2) is 24.4 Å². The average molecular weight is 368 g/mol. The largest absolute Gasteiger partial charge is 0.495 e. The second kappa shape index (κ2) is 6.48. The number of pyridine rings is 1. The van der Waals surface area contributed by atoms with Gasteiger partial charge in [-0.1, -0.05) is 15.9 Å². The molecule has 0 amide bonds. The zero-order chi connectivity index (χ0) is 16.3. The maximum Gasteiger partial charge on any atom is 0.435 e. The number of alkyl halides is 1. The van der Waals surface area contributed by atoms with E-state index in [-0.39, 0.29) is 0 Å². The number of hydrogen-bond donors (Lipinski definition) is 0. The van der Waals surface area contributed by atoms with E-state index < -0.39 is 11.7 Å². The van der Waals surface area contributed by atoms with Crippen LogP contribution in [-0.2, 0) is 10.1 Å². The molecule has 0 spiro atoms. The third-order valence-corrected chi connectivity index (χ3v) is 3.30. The summed E-state index contributed by atoms with van der Waals surface area (Å²) in [5.74, 6) is 0.663. The van der Waals surface area contributed by atoms with Crippen LogP contribution in [0.5, 0.6) is 5.75 Å². The Hall–Kier alpha value is -1.89. The molecule has 2 aromatic heterocycles. The summed E-state index contributed by atoms with van der Waals surface area (Å²) in [4.78, 5) is 16.5. The summed E-state index contributed by atoms with van der Waals surface area (Å²) in [5.41, 5.74) is 1.38. The van der Waals surface area contributed by atoms with Crippen molar-refractivity contribution in [3.05, 3.63) is 30.1 Å². The van der Waals surface area contributed by atoms with E-state index in [0.717, 1.165) is 0 Å². The molecule has 7 heteroatoms. The summed E-state index contributed by atoms with van der Waals surface area (Å²) in [5, 5.41) is 4.78. The molecule has 0 aliphatic carbocycles. The molecular weight excluding hydrogens is 350 g/mol. The highest BCUT2D eigenvalue weighted by molar-refractivity contribution is 9.08. The van der Waals surface area contributed by atoms with Crippen molar-refractivity contribution < 1.29 is 14.3 Å². The molecule has 22 heavy (non-hydrogen) atoms. The molecule has 0 aromatic carbocycles. The van der Waals surface area contributed by atoms with Gasteiger partial charge in [0.1, 0.15) is 17.0 Å². The lowest BCUT2D eigenvalue weighted by atomic mass is 10.2. The van der Waals surface area contributed by atoms with Crippen molar-refractivity contribution in [2.24, 2.45) is 0 Å². The normalized spacial score (nSPS) is 11.3. The summed E-state index contributed by atoms with van der Waals surface area (Å²) in [6.07, 6.45) is 1.09. The fourth-order valence-electron chi connectivity index (χ4n) is 1.76. The van der Waals surface area contributed by atoms with E-state index in [9.17, 15) is 4.79 Å². The van der Waals surface area contributed by atoms with Crippen molar-refractivity contribution in [3.63, 3.8) is 0 Å². The number of rotatable bonds is 3. The summed E-state index contributed by atoms with van der Waals surface area (Å²) in [7, 11) is 1.58. The minimum Gasteiger partial charge on any atom is -0.495 e. The number of methoxy groups -OCH3 is 1. The standard InChI is InChI=1S/C15H18BrN3O3/c1-15(2,3)22-14(20)19-10(8-16)7-13(18-19)12-6-5-11(21-4)9-17-12/h5-7,9H,8H2,1-4H3. The Labute approximate surface area is 137 Å². The first-order chi connectivity index (χ1) is 10.3. The first-order valence-electron chi connectivity index (χ1n) is 6.72. The molecule has 2 rings (SSSR count). The van der Waals surface area contributed by atoms with Crippen molar-refractivity contribution in [1.82, 2.24) is 14.8 Å². The third-order valence-electron chi connectivity index (χ3n) is 2.72. The van der Waals surface area contributed by atoms with Crippen molar-refractivity contribution in [2.45, 2.75) is 31.7 Å².